The third kappa shape index (κ3) is 4.64. The summed E-state index contributed by atoms with van der Waals surface area (Å²) < 4.78 is 32.0. The lowest BCUT2D eigenvalue weighted by molar-refractivity contribution is -0.127. The number of H-pyrrole nitrogens is 1. The quantitative estimate of drug-likeness (QED) is 0.580. The van der Waals surface area contributed by atoms with Crippen LogP contribution >= 0.6 is 12.2 Å². The van der Waals surface area contributed by atoms with E-state index in [1.165, 1.54) is 18.2 Å². The zero-order valence-corrected chi connectivity index (χ0v) is 16.3. The molecule has 1 N–H and O–H groups in total. The molecule has 1 aliphatic rings. The maximum atomic E-state index is 12.5. The molecule has 1 aromatic carbocycles. The van der Waals surface area contributed by atoms with Crippen molar-refractivity contribution in [1.29, 1.82) is 0 Å². The van der Waals surface area contributed by atoms with E-state index in [0.717, 1.165) is 25.2 Å². The van der Waals surface area contributed by atoms with Gasteiger partial charge in [-0.25, -0.2) is 0 Å². The van der Waals surface area contributed by atoms with Crippen molar-refractivity contribution in [2.45, 2.75) is 38.8 Å². The predicted octanol–water partition coefficient (Wildman–Crippen LogP) is 3.98. The van der Waals surface area contributed by atoms with Crippen molar-refractivity contribution < 1.29 is 18.3 Å². The van der Waals surface area contributed by atoms with Crippen LogP contribution in [0.5, 0.6) is 5.75 Å². The molecule has 1 aliphatic heterocycles. The highest BCUT2D eigenvalue weighted by molar-refractivity contribution is 7.71. The molecule has 150 valence electrons. The molecule has 1 amide bonds. The van der Waals surface area contributed by atoms with E-state index < -0.39 is 6.61 Å². The number of nitrogens with one attached hydrogen (secondary N) is 1. The van der Waals surface area contributed by atoms with Crippen LogP contribution in [0.15, 0.2) is 30.3 Å². The maximum absolute atomic E-state index is 12.5. The highest BCUT2D eigenvalue weighted by atomic mass is 32.1. The number of piperidine rings is 1. The van der Waals surface area contributed by atoms with Crippen LogP contribution in [0, 0.1) is 4.77 Å². The van der Waals surface area contributed by atoms with E-state index in [1.807, 2.05) is 11.5 Å². The second-order valence-corrected chi connectivity index (χ2v) is 6.87. The van der Waals surface area contributed by atoms with Crippen LogP contribution in [0.25, 0.3) is 6.08 Å². The Hall–Kier alpha value is -2.55. The first kappa shape index (κ1) is 20.2. The van der Waals surface area contributed by atoms with Gasteiger partial charge in [0, 0.05) is 37.2 Å². The fraction of sp³-hybridized carbons (Fsp3) is 0.421. The molecule has 1 saturated heterocycles. The molecule has 0 saturated carbocycles. The summed E-state index contributed by atoms with van der Waals surface area (Å²) in [5.74, 6) is 1.08. The van der Waals surface area contributed by atoms with Crippen LogP contribution < -0.4 is 4.74 Å². The van der Waals surface area contributed by atoms with Gasteiger partial charge in [-0.15, -0.1) is 0 Å². The van der Waals surface area contributed by atoms with Gasteiger partial charge in [0.25, 0.3) is 0 Å². The van der Waals surface area contributed by atoms with Crippen LogP contribution in [-0.4, -0.2) is 45.3 Å². The highest BCUT2D eigenvalue weighted by Gasteiger charge is 2.26. The summed E-state index contributed by atoms with van der Waals surface area (Å²) in [6.07, 6.45) is 4.50. The fourth-order valence-corrected chi connectivity index (χ4v) is 3.66. The number of carbonyl (C=O) groups excluding carboxylic acids is 1. The van der Waals surface area contributed by atoms with E-state index in [1.54, 1.807) is 23.1 Å². The number of likely N-dealkylation sites (tertiary alicyclic amines) is 1. The van der Waals surface area contributed by atoms with E-state index in [9.17, 15) is 13.6 Å². The molecule has 2 aromatic rings. The van der Waals surface area contributed by atoms with Crippen LogP contribution in [0.2, 0.25) is 0 Å². The topological polar surface area (TPSA) is 63.1 Å². The summed E-state index contributed by atoms with van der Waals surface area (Å²) in [4.78, 5) is 14.2. The number of aromatic amines is 1. The van der Waals surface area contributed by atoms with E-state index in [4.69, 9.17) is 12.2 Å². The predicted molar refractivity (Wildman–Crippen MR) is 104 cm³/mol. The number of halogens is 2. The average Bonchev–Trinajstić information content (AvgIpc) is 3.07. The second-order valence-electron chi connectivity index (χ2n) is 6.48. The number of ether oxygens (including phenoxy) is 1. The number of benzene rings is 1. The SMILES string of the molecule is CCn1c(C2CCN(C(=O)C=Cc3ccccc3OC(F)F)CC2)n[nH]c1=S. The van der Waals surface area contributed by atoms with Gasteiger partial charge in [0.05, 0.1) is 0 Å². The minimum Gasteiger partial charge on any atom is -0.434 e. The largest absolute Gasteiger partial charge is 0.434 e. The van der Waals surface area contributed by atoms with Crippen LogP contribution in [0.1, 0.15) is 37.1 Å². The third-order valence-electron chi connectivity index (χ3n) is 4.82. The van der Waals surface area contributed by atoms with E-state index in [2.05, 4.69) is 14.9 Å². The molecule has 1 aromatic heterocycles. The van der Waals surface area contributed by atoms with Crippen LogP contribution in [-0.2, 0) is 11.3 Å². The average molecular weight is 408 g/mol. The Labute approximate surface area is 166 Å². The first-order valence-electron chi connectivity index (χ1n) is 9.15. The molecule has 9 heteroatoms. The molecule has 0 unspecified atom stereocenters. The summed E-state index contributed by atoms with van der Waals surface area (Å²) in [6, 6.07) is 6.38. The van der Waals surface area contributed by atoms with Gasteiger partial charge < -0.3 is 14.2 Å². The molecular formula is C19H22F2N4O2S. The lowest BCUT2D eigenvalue weighted by atomic mass is 9.96. The second kappa shape index (κ2) is 9.09. The monoisotopic (exact) mass is 408 g/mol. The van der Waals surface area contributed by atoms with Gasteiger partial charge in [0.15, 0.2) is 4.77 Å². The van der Waals surface area contributed by atoms with Gasteiger partial charge in [-0.3, -0.25) is 9.89 Å². The van der Waals surface area contributed by atoms with Crippen LogP contribution in [0.4, 0.5) is 8.78 Å². The van der Waals surface area contributed by atoms with Gasteiger partial charge in [-0.05, 0) is 44.1 Å². The highest BCUT2D eigenvalue weighted by Crippen LogP contribution is 2.27. The van der Waals surface area contributed by atoms with Crippen LogP contribution in [0.3, 0.4) is 0 Å². The minimum absolute atomic E-state index is 0.0441. The Balaban J connectivity index is 1.61. The van der Waals surface area contributed by atoms with Crippen molar-refractivity contribution in [2.24, 2.45) is 0 Å². The molecular weight excluding hydrogens is 386 g/mol. The number of hydrogen-bond acceptors (Lipinski definition) is 4. The number of nitrogens with zero attached hydrogens (tertiary/aromatic N) is 3. The first-order chi connectivity index (χ1) is 13.5. The molecule has 0 atom stereocenters. The lowest BCUT2D eigenvalue weighted by Gasteiger charge is -2.31. The van der Waals surface area contributed by atoms with Crippen molar-refractivity contribution in [3.63, 3.8) is 0 Å². The Kier molecular flexibility index (Phi) is 6.56. The summed E-state index contributed by atoms with van der Waals surface area (Å²) in [6.45, 7) is 1.08. The van der Waals surface area contributed by atoms with Gasteiger partial charge in [-0.1, -0.05) is 18.2 Å². The molecule has 2 heterocycles. The van der Waals surface area contributed by atoms with Gasteiger partial charge in [-0.2, -0.15) is 13.9 Å². The molecule has 1 fully saturated rings. The molecule has 0 bridgehead atoms. The van der Waals surface area contributed by atoms with Gasteiger partial charge >= 0.3 is 6.61 Å². The lowest BCUT2D eigenvalue weighted by Crippen LogP contribution is -2.37. The number of rotatable bonds is 6. The Morgan fingerprint density at radius 2 is 2.11 bits per heavy atom. The summed E-state index contributed by atoms with van der Waals surface area (Å²) in [5.41, 5.74) is 0.435. The van der Waals surface area contributed by atoms with Crippen molar-refractivity contribution in [3.05, 3.63) is 46.5 Å². The fourth-order valence-electron chi connectivity index (χ4n) is 3.39. The minimum atomic E-state index is -2.91. The summed E-state index contributed by atoms with van der Waals surface area (Å²) >= 11 is 5.24. The van der Waals surface area contributed by atoms with Crippen molar-refractivity contribution in [2.75, 3.05) is 13.1 Å². The van der Waals surface area contributed by atoms with Gasteiger partial charge in [0.2, 0.25) is 5.91 Å². The number of alkyl halides is 2. The summed E-state index contributed by atoms with van der Waals surface area (Å²) in [7, 11) is 0. The normalized spacial score (nSPS) is 15.5. The van der Waals surface area contributed by atoms with Crippen molar-refractivity contribution >= 4 is 24.2 Å². The van der Waals surface area contributed by atoms with E-state index in [-0.39, 0.29) is 17.6 Å². The number of hydrogen-bond donors (Lipinski definition) is 1. The van der Waals surface area contributed by atoms with E-state index >= 15 is 0 Å². The zero-order valence-electron chi connectivity index (χ0n) is 15.5. The first-order valence-corrected chi connectivity index (χ1v) is 9.56. The number of carbonyl (C=O) groups is 1. The molecule has 28 heavy (non-hydrogen) atoms. The molecule has 0 aliphatic carbocycles. The standard InChI is InChI=1S/C19H22F2N4O2S/c1-2-25-17(22-23-19(25)28)14-9-11-24(12-10-14)16(26)8-7-13-5-3-4-6-15(13)27-18(20)21/h3-8,14,18H,2,9-12H2,1H3,(H,23,28). The summed E-state index contributed by atoms with van der Waals surface area (Å²) in [5, 5.41) is 7.18. The molecule has 0 spiro atoms. The number of amides is 1. The van der Waals surface area contributed by atoms with Crippen molar-refractivity contribution in [3.8, 4) is 5.75 Å². The number of para-hydroxylation sites is 1. The Morgan fingerprint density at radius 3 is 2.79 bits per heavy atom. The van der Waals surface area contributed by atoms with E-state index in [0.29, 0.717) is 23.4 Å². The smallest absolute Gasteiger partial charge is 0.387 e. The zero-order chi connectivity index (χ0) is 20.1. The Bertz CT molecular complexity index is 901. The maximum Gasteiger partial charge on any atom is 0.387 e. The molecule has 0 radical (unpaired) electrons. The van der Waals surface area contributed by atoms with Gasteiger partial charge in [0.1, 0.15) is 11.6 Å². The molecule has 6 nitrogen and oxygen atoms in total. The number of aromatic nitrogens is 3. The molecule has 3 rings (SSSR count). The Morgan fingerprint density at radius 1 is 1.39 bits per heavy atom. The third-order valence-corrected chi connectivity index (χ3v) is 5.13. The van der Waals surface area contributed by atoms with Crippen molar-refractivity contribution in [1.82, 2.24) is 19.7 Å².